The first-order valence-electron chi connectivity index (χ1n) is 9.23. The molecule has 0 unspecified atom stereocenters. The van der Waals surface area contributed by atoms with Crippen LogP contribution in [0.15, 0.2) is 54.6 Å². The Kier molecular flexibility index (Phi) is 8.39. The first-order chi connectivity index (χ1) is 13.2. The zero-order chi connectivity index (χ0) is 19.5. The maximum Gasteiger partial charge on any atom is 0.248 e. The summed E-state index contributed by atoms with van der Waals surface area (Å²) in [4.78, 5) is 14.4. The molecule has 0 aliphatic carbocycles. The Bertz CT molecular complexity index is 740. The predicted molar refractivity (Wildman–Crippen MR) is 110 cm³/mol. The summed E-state index contributed by atoms with van der Waals surface area (Å²) in [7, 11) is 1.60. The van der Waals surface area contributed by atoms with Gasteiger partial charge in [-0.2, -0.15) is 0 Å². The molecule has 0 saturated heterocycles. The van der Waals surface area contributed by atoms with Crippen LogP contribution in [-0.4, -0.2) is 44.2 Å². The van der Waals surface area contributed by atoms with Crippen LogP contribution in [0.2, 0.25) is 0 Å². The van der Waals surface area contributed by atoms with Crippen molar-refractivity contribution < 1.29 is 14.3 Å². The van der Waals surface area contributed by atoms with E-state index in [1.165, 1.54) is 6.08 Å². The van der Waals surface area contributed by atoms with E-state index in [-0.39, 0.29) is 5.91 Å². The highest BCUT2D eigenvalue weighted by Crippen LogP contribution is 2.30. The van der Waals surface area contributed by atoms with Crippen molar-refractivity contribution in [1.29, 1.82) is 0 Å². The van der Waals surface area contributed by atoms with E-state index in [2.05, 4.69) is 24.1 Å². The quantitative estimate of drug-likeness (QED) is 0.643. The molecule has 0 spiro atoms. The lowest BCUT2D eigenvalue weighted by molar-refractivity contribution is -0.111. The molecule has 5 nitrogen and oxygen atoms in total. The minimum Gasteiger partial charge on any atom is -0.493 e. The van der Waals surface area contributed by atoms with Crippen LogP contribution in [0.5, 0.6) is 11.5 Å². The number of benzene rings is 2. The number of nitrogens with one attached hydrogen (secondary N) is 1. The average molecular weight is 368 g/mol. The van der Waals surface area contributed by atoms with Crippen LogP contribution >= 0.6 is 0 Å². The second-order valence-corrected chi connectivity index (χ2v) is 5.97. The Morgan fingerprint density at radius 3 is 2.48 bits per heavy atom. The van der Waals surface area contributed by atoms with Crippen LogP contribution in [0.3, 0.4) is 0 Å². The van der Waals surface area contributed by atoms with Crippen LogP contribution in [0.4, 0.5) is 5.69 Å². The number of anilines is 1. The number of hydrogen-bond donors (Lipinski definition) is 1. The first-order valence-corrected chi connectivity index (χ1v) is 9.23. The molecule has 2 aromatic rings. The molecule has 0 radical (unpaired) electrons. The molecule has 0 fully saturated rings. The Hall–Kier alpha value is -2.79. The third-order valence-corrected chi connectivity index (χ3v) is 4.22. The van der Waals surface area contributed by atoms with Gasteiger partial charge in [0.2, 0.25) is 5.91 Å². The van der Waals surface area contributed by atoms with Crippen molar-refractivity contribution in [3.05, 3.63) is 60.2 Å². The standard InChI is InChI=1S/C22H28N2O3/c1-4-24(5-2)15-16-27-21-17-19(12-13-20(21)26-3)23-22(25)14-11-18-9-7-6-8-10-18/h6-14,17H,4-5,15-16H2,1-3H3,(H,23,25)/b14-11+. The van der Waals surface area contributed by atoms with E-state index >= 15 is 0 Å². The fraction of sp³-hybridized carbons (Fsp3) is 0.318. The van der Waals surface area contributed by atoms with Crippen molar-refractivity contribution in [3.8, 4) is 11.5 Å². The maximum absolute atomic E-state index is 12.2. The van der Waals surface area contributed by atoms with E-state index in [0.29, 0.717) is 23.8 Å². The summed E-state index contributed by atoms with van der Waals surface area (Å²) < 4.78 is 11.2. The summed E-state index contributed by atoms with van der Waals surface area (Å²) in [5.41, 5.74) is 1.64. The second kappa shape index (κ2) is 11.0. The molecular formula is C22H28N2O3. The number of likely N-dealkylation sites (N-methyl/N-ethyl adjacent to an activating group) is 1. The largest absolute Gasteiger partial charge is 0.493 e. The van der Waals surface area contributed by atoms with E-state index < -0.39 is 0 Å². The van der Waals surface area contributed by atoms with Crippen LogP contribution in [0.1, 0.15) is 19.4 Å². The summed E-state index contributed by atoms with van der Waals surface area (Å²) in [6, 6.07) is 15.1. The number of rotatable bonds is 10. The molecule has 1 N–H and O–H groups in total. The maximum atomic E-state index is 12.2. The van der Waals surface area contributed by atoms with E-state index in [0.717, 1.165) is 25.2 Å². The molecule has 0 aliphatic rings. The molecule has 2 rings (SSSR count). The lowest BCUT2D eigenvalue weighted by Gasteiger charge is -2.19. The van der Waals surface area contributed by atoms with Gasteiger partial charge in [0, 0.05) is 24.4 Å². The van der Waals surface area contributed by atoms with Crippen LogP contribution in [0, 0.1) is 0 Å². The number of nitrogens with zero attached hydrogens (tertiary/aromatic N) is 1. The van der Waals surface area contributed by atoms with Crippen LogP contribution < -0.4 is 14.8 Å². The topological polar surface area (TPSA) is 50.8 Å². The van der Waals surface area contributed by atoms with Crippen molar-refractivity contribution in [1.82, 2.24) is 4.90 Å². The number of hydrogen-bond acceptors (Lipinski definition) is 4. The predicted octanol–water partition coefficient (Wildman–Crippen LogP) is 4.07. The monoisotopic (exact) mass is 368 g/mol. The summed E-state index contributed by atoms with van der Waals surface area (Å²) >= 11 is 0. The van der Waals surface area contributed by atoms with Crippen LogP contribution in [0.25, 0.3) is 6.08 Å². The third kappa shape index (κ3) is 6.79. The lowest BCUT2D eigenvalue weighted by atomic mass is 10.2. The van der Waals surface area contributed by atoms with Gasteiger partial charge in [-0.05, 0) is 36.9 Å². The molecule has 144 valence electrons. The van der Waals surface area contributed by atoms with Crippen molar-refractivity contribution in [3.63, 3.8) is 0 Å². The SMILES string of the molecule is CCN(CC)CCOc1cc(NC(=O)/C=C/c2ccccc2)ccc1OC. The number of carbonyl (C=O) groups is 1. The molecule has 0 atom stereocenters. The summed E-state index contributed by atoms with van der Waals surface area (Å²) in [5, 5.41) is 2.85. The molecule has 5 heteroatoms. The average Bonchev–Trinajstić information content (AvgIpc) is 2.71. The van der Waals surface area contributed by atoms with Gasteiger partial charge in [-0.25, -0.2) is 0 Å². The van der Waals surface area contributed by atoms with Crippen molar-refractivity contribution in [2.24, 2.45) is 0 Å². The first kappa shape index (κ1) is 20.5. The second-order valence-electron chi connectivity index (χ2n) is 5.97. The Labute approximate surface area is 161 Å². The molecule has 1 amide bonds. The molecule has 0 heterocycles. The smallest absolute Gasteiger partial charge is 0.248 e. The molecule has 0 aromatic heterocycles. The minimum absolute atomic E-state index is 0.196. The van der Waals surface area contributed by atoms with Crippen molar-refractivity contribution in [2.75, 3.05) is 38.7 Å². The highest BCUT2D eigenvalue weighted by atomic mass is 16.5. The lowest BCUT2D eigenvalue weighted by Crippen LogP contribution is -2.28. The van der Waals surface area contributed by atoms with Crippen molar-refractivity contribution in [2.45, 2.75) is 13.8 Å². The van der Waals surface area contributed by atoms with E-state index in [1.807, 2.05) is 30.3 Å². The molecule has 0 aliphatic heterocycles. The summed E-state index contributed by atoms with van der Waals surface area (Å²) in [6.07, 6.45) is 3.29. The number of methoxy groups -OCH3 is 1. The molecule has 2 aromatic carbocycles. The van der Waals surface area contributed by atoms with Crippen molar-refractivity contribution >= 4 is 17.7 Å². The third-order valence-electron chi connectivity index (χ3n) is 4.22. The van der Waals surface area contributed by atoms with Gasteiger partial charge in [-0.15, -0.1) is 0 Å². The van der Waals surface area contributed by atoms with Gasteiger partial charge in [0.1, 0.15) is 6.61 Å². The van der Waals surface area contributed by atoms with Gasteiger partial charge in [0.15, 0.2) is 11.5 Å². The van der Waals surface area contributed by atoms with Gasteiger partial charge in [0.25, 0.3) is 0 Å². The van der Waals surface area contributed by atoms with Crippen LogP contribution in [-0.2, 0) is 4.79 Å². The molecular weight excluding hydrogens is 340 g/mol. The van der Waals surface area contributed by atoms with Gasteiger partial charge in [-0.1, -0.05) is 44.2 Å². The fourth-order valence-corrected chi connectivity index (χ4v) is 2.61. The van der Waals surface area contributed by atoms with E-state index in [9.17, 15) is 4.79 Å². The summed E-state index contributed by atoms with van der Waals surface area (Å²) in [5.74, 6) is 1.07. The zero-order valence-corrected chi connectivity index (χ0v) is 16.3. The minimum atomic E-state index is -0.196. The number of amides is 1. The van der Waals surface area contributed by atoms with E-state index in [1.54, 1.807) is 31.4 Å². The zero-order valence-electron chi connectivity index (χ0n) is 16.3. The van der Waals surface area contributed by atoms with Gasteiger partial charge < -0.3 is 19.7 Å². The molecule has 0 bridgehead atoms. The number of carbonyl (C=O) groups excluding carboxylic acids is 1. The number of ether oxygens (including phenoxy) is 2. The highest BCUT2D eigenvalue weighted by molar-refractivity contribution is 6.02. The van der Waals surface area contributed by atoms with Gasteiger partial charge in [-0.3, -0.25) is 4.79 Å². The highest BCUT2D eigenvalue weighted by Gasteiger charge is 2.08. The fourth-order valence-electron chi connectivity index (χ4n) is 2.61. The molecule has 27 heavy (non-hydrogen) atoms. The van der Waals surface area contributed by atoms with Gasteiger partial charge in [0.05, 0.1) is 7.11 Å². The Morgan fingerprint density at radius 2 is 1.81 bits per heavy atom. The summed E-state index contributed by atoms with van der Waals surface area (Å²) in [6.45, 7) is 7.63. The molecule has 0 saturated carbocycles. The van der Waals surface area contributed by atoms with E-state index in [4.69, 9.17) is 9.47 Å². The Balaban J connectivity index is 1.98. The Morgan fingerprint density at radius 1 is 1.07 bits per heavy atom. The van der Waals surface area contributed by atoms with Gasteiger partial charge >= 0.3 is 0 Å². The normalized spacial score (nSPS) is 11.0.